The minimum absolute atomic E-state index is 0.0196. The van der Waals surface area contributed by atoms with E-state index in [0.717, 1.165) is 42.5 Å². The Balaban J connectivity index is 0.000000472. The lowest BCUT2D eigenvalue weighted by Gasteiger charge is -2.24. The number of rotatable bonds is 3. The number of aliphatic carboxylic acids is 1. The summed E-state index contributed by atoms with van der Waals surface area (Å²) in [5.74, 6) is 0.753. The van der Waals surface area contributed by atoms with Crippen LogP contribution < -0.4 is 10.9 Å². The number of carboxylic acids is 1. The Bertz CT molecular complexity index is 1110. The highest BCUT2D eigenvalue weighted by Gasteiger charge is 2.39. The van der Waals surface area contributed by atoms with Gasteiger partial charge in [-0.3, -0.25) is 9.59 Å². The molecule has 2 bridgehead atoms. The van der Waals surface area contributed by atoms with Gasteiger partial charge < -0.3 is 15.0 Å². The van der Waals surface area contributed by atoms with Gasteiger partial charge in [0.2, 0.25) is 0 Å². The Hall–Kier alpha value is -2.74. The second kappa shape index (κ2) is 7.59. The number of pyridine rings is 1. The van der Waals surface area contributed by atoms with Crippen LogP contribution >= 0.6 is 0 Å². The van der Waals surface area contributed by atoms with E-state index >= 15 is 0 Å². The summed E-state index contributed by atoms with van der Waals surface area (Å²) in [4.78, 5) is 26.3. The van der Waals surface area contributed by atoms with Crippen LogP contribution in [0.4, 0.5) is 0 Å². The van der Waals surface area contributed by atoms with E-state index < -0.39 is 5.97 Å². The molecule has 1 aliphatic heterocycles. The van der Waals surface area contributed by atoms with Crippen LogP contribution in [0.15, 0.2) is 29.3 Å². The van der Waals surface area contributed by atoms with E-state index in [4.69, 9.17) is 9.90 Å². The van der Waals surface area contributed by atoms with E-state index in [-0.39, 0.29) is 11.5 Å². The highest BCUT2D eigenvalue weighted by Crippen LogP contribution is 2.38. The van der Waals surface area contributed by atoms with E-state index in [2.05, 4.69) is 40.0 Å². The number of piperidine rings is 1. The molecule has 0 spiro atoms. The third kappa shape index (κ3) is 3.64. The summed E-state index contributed by atoms with van der Waals surface area (Å²) >= 11 is 0. The van der Waals surface area contributed by atoms with Gasteiger partial charge in [-0.2, -0.15) is 4.52 Å². The van der Waals surface area contributed by atoms with Crippen molar-refractivity contribution in [2.75, 3.05) is 6.54 Å². The van der Waals surface area contributed by atoms with Crippen molar-refractivity contribution in [3.63, 3.8) is 0 Å². The molecule has 8 nitrogen and oxygen atoms in total. The van der Waals surface area contributed by atoms with Crippen molar-refractivity contribution in [3.05, 3.63) is 40.4 Å². The predicted molar refractivity (Wildman–Crippen MR) is 110 cm³/mol. The van der Waals surface area contributed by atoms with E-state index in [0.29, 0.717) is 17.6 Å². The van der Waals surface area contributed by atoms with E-state index in [1.807, 2.05) is 12.1 Å². The number of nitrogens with zero attached hydrogens (tertiary/aromatic N) is 4. The maximum absolute atomic E-state index is 12.9. The van der Waals surface area contributed by atoms with Crippen molar-refractivity contribution >= 4 is 22.6 Å². The van der Waals surface area contributed by atoms with Gasteiger partial charge in [0.1, 0.15) is 5.65 Å². The molecule has 4 heterocycles. The van der Waals surface area contributed by atoms with Crippen molar-refractivity contribution in [2.45, 2.75) is 52.1 Å². The molecule has 29 heavy (non-hydrogen) atoms. The Labute approximate surface area is 168 Å². The number of fused-ring (bicyclic) bond motifs is 5. The molecule has 1 saturated carbocycles. The minimum atomic E-state index is -0.833. The fourth-order valence-corrected chi connectivity index (χ4v) is 4.69. The number of carbonyl (C=O) groups is 1. The second-order valence-corrected chi connectivity index (χ2v) is 8.42. The van der Waals surface area contributed by atoms with Crippen LogP contribution in [0.25, 0.3) is 16.7 Å². The summed E-state index contributed by atoms with van der Waals surface area (Å²) in [6, 6.07) is 4.60. The van der Waals surface area contributed by atoms with Gasteiger partial charge in [-0.25, -0.2) is 4.98 Å². The van der Waals surface area contributed by atoms with Crippen LogP contribution in [0, 0.1) is 11.8 Å². The normalized spacial score (nSPS) is 23.0. The molecule has 0 unspecified atom stereocenters. The lowest BCUT2D eigenvalue weighted by molar-refractivity contribution is -0.134. The molecule has 3 atom stereocenters. The van der Waals surface area contributed by atoms with Gasteiger partial charge in [0, 0.05) is 37.5 Å². The third-order valence-electron chi connectivity index (χ3n) is 5.99. The molecule has 2 N–H and O–H groups in total. The minimum Gasteiger partial charge on any atom is -0.481 e. The van der Waals surface area contributed by atoms with Crippen molar-refractivity contribution < 1.29 is 9.90 Å². The van der Waals surface area contributed by atoms with Crippen molar-refractivity contribution in [2.24, 2.45) is 11.8 Å². The highest BCUT2D eigenvalue weighted by atomic mass is 16.4. The maximum atomic E-state index is 12.9. The molecule has 1 aliphatic carbocycles. The van der Waals surface area contributed by atoms with E-state index in [9.17, 15) is 4.79 Å². The summed E-state index contributed by atoms with van der Waals surface area (Å²) in [6.07, 6.45) is 6.31. The van der Waals surface area contributed by atoms with Crippen LogP contribution in [0.1, 0.15) is 45.1 Å². The maximum Gasteiger partial charge on any atom is 0.300 e. The Morgan fingerprint density at radius 1 is 1.38 bits per heavy atom. The fraction of sp³-hybridized carbons (Fsp3) is 0.524. The first-order valence-corrected chi connectivity index (χ1v) is 10.1. The zero-order valence-electron chi connectivity index (χ0n) is 17.0. The standard InChI is InChI=1S/C19H23N5O.C2H4O2/c1-11(2)16-10-23(9-13-7-14-6-12(13)8-21-14)18-15-4-3-5-20-17(15)22-24(18)19(16)25;1-2(3)4/h3-5,10-14,21H,6-9H2,1-2H3;1H3,(H,3,4)/t12-,13-,14-;/m1./s1. The van der Waals surface area contributed by atoms with Crippen LogP contribution in [0.3, 0.4) is 0 Å². The molecule has 0 amide bonds. The number of hydrogen-bond acceptors (Lipinski definition) is 5. The molecule has 8 heteroatoms. The Kier molecular flexibility index (Phi) is 5.12. The lowest BCUT2D eigenvalue weighted by Crippen LogP contribution is -2.32. The first kappa shape index (κ1) is 19.6. The average Bonchev–Trinajstić information content (AvgIpc) is 3.37. The van der Waals surface area contributed by atoms with Gasteiger partial charge in [-0.05, 0) is 49.3 Å². The van der Waals surface area contributed by atoms with Gasteiger partial charge in [0.25, 0.3) is 11.5 Å². The average molecular weight is 397 g/mol. The quantitative estimate of drug-likeness (QED) is 0.703. The van der Waals surface area contributed by atoms with E-state index in [1.54, 1.807) is 10.7 Å². The summed E-state index contributed by atoms with van der Waals surface area (Å²) < 4.78 is 3.83. The van der Waals surface area contributed by atoms with Gasteiger partial charge in [-0.15, -0.1) is 5.10 Å². The summed E-state index contributed by atoms with van der Waals surface area (Å²) in [5.41, 5.74) is 2.33. The molecule has 5 rings (SSSR count). The molecule has 1 saturated heterocycles. The molecule has 0 radical (unpaired) electrons. The molecule has 154 valence electrons. The molecular weight excluding hydrogens is 370 g/mol. The van der Waals surface area contributed by atoms with Crippen LogP contribution in [0.2, 0.25) is 0 Å². The summed E-state index contributed by atoms with van der Waals surface area (Å²) in [7, 11) is 0. The summed E-state index contributed by atoms with van der Waals surface area (Å²) in [6.45, 7) is 7.29. The SMILES string of the molecule is CC(=O)O.CC(C)c1cn(C[C@H]2C[C@H]3C[C@@H]2CN3)c2c3cccnc3nn2c1=O. The first-order valence-electron chi connectivity index (χ1n) is 10.1. The zero-order valence-corrected chi connectivity index (χ0v) is 17.0. The largest absolute Gasteiger partial charge is 0.481 e. The predicted octanol–water partition coefficient (Wildman–Crippen LogP) is 2.26. The van der Waals surface area contributed by atoms with Crippen LogP contribution in [-0.4, -0.2) is 42.8 Å². The van der Waals surface area contributed by atoms with E-state index in [1.165, 1.54) is 12.8 Å². The smallest absolute Gasteiger partial charge is 0.300 e. The molecular formula is C21H27N5O3. The van der Waals surface area contributed by atoms with Gasteiger partial charge in [0.05, 0.1) is 5.39 Å². The first-order chi connectivity index (χ1) is 13.8. The lowest BCUT2D eigenvalue weighted by atomic mass is 9.95. The van der Waals surface area contributed by atoms with Crippen LogP contribution in [0.5, 0.6) is 0 Å². The molecule has 2 aliphatic rings. The van der Waals surface area contributed by atoms with Crippen molar-refractivity contribution in [3.8, 4) is 0 Å². The number of carboxylic acid groups (broad SMARTS) is 1. The molecule has 3 aromatic heterocycles. The third-order valence-corrected chi connectivity index (χ3v) is 5.99. The fourth-order valence-electron chi connectivity index (χ4n) is 4.69. The van der Waals surface area contributed by atoms with Gasteiger partial charge in [-0.1, -0.05) is 13.8 Å². The molecule has 0 aromatic carbocycles. The summed E-state index contributed by atoms with van der Waals surface area (Å²) in [5, 5.41) is 16.5. The van der Waals surface area contributed by atoms with Crippen molar-refractivity contribution in [1.29, 1.82) is 0 Å². The van der Waals surface area contributed by atoms with Crippen LogP contribution in [-0.2, 0) is 11.3 Å². The second-order valence-electron chi connectivity index (χ2n) is 8.42. The zero-order chi connectivity index (χ0) is 20.7. The van der Waals surface area contributed by atoms with Crippen molar-refractivity contribution in [1.82, 2.24) is 24.5 Å². The monoisotopic (exact) mass is 397 g/mol. The molecule has 3 aromatic rings. The Morgan fingerprint density at radius 3 is 2.76 bits per heavy atom. The number of nitrogens with one attached hydrogen (secondary N) is 1. The van der Waals surface area contributed by atoms with Gasteiger partial charge in [0.15, 0.2) is 5.65 Å². The molecule has 2 fully saturated rings. The highest BCUT2D eigenvalue weighted by molar-refractivity contribution is 5.89. The number of aromatic nitrogens is 4. The van der Waals surface area contributed by atoms with Gasteiger partial charge >= 0.3 is 0 Å². The number of hydrogen-bond donors (Lipinski definition) is 2. The Morgan fingerprint density at radius 2 is 2.14 bits per heavy atom. The topological polar surface area (TPSA) is 102 Å².